The van der Waals surface area contributed by atoms with Crippen LogP contribution in [0.15, 0.2) is 91.1 Å². The number of nitrogens with one attached hydrogen (secondary N) is 4. The molecular formula is C53H55FN8O8. The Morgan fingerprint density at radius 3 is 2.14 bits per heavy atom. The van der Waals surface area contributed by atoms with Crippen molar-refractivity contribution in [1.29, 1.82) is 0 Å². The predicted octanol–water partition coefficient (Wildman–Crippen LogP) is 6.65. The number of likely N-dealkylation sites (tertiary alicyclic amines) is 1. The fraction of sp³-hybridized carbons (Fsp3) is 0.377. The number of piperidine rings is 3. The van der Waals surface area contributed by atoms with Gasteiger partial charge in [0.25, 0.3) is 11.8 Å². The summed E-state index contributed by atoms with van der Waals surface area (Å²) in [5.41, 5.74) is 2.82. The molecule has 1 saturated carbocycles. The lowest BCUT2D eigenvalue weighted by atomic mass is 9.92. The van der Waals surface area contributed by atoms with Crippen LogP contribution < -0.4 is 35.6 Å². The third kappa shape index (κ3) is 9.49. The van der Waals surface area contributed by atoms with E-state index in [1.54, 1.807) is 49.7 Å². The smallest absolute Gasteiger partial charge is 0.262 e. The summed E-state index contributed by atoms with van der Waals surface area (Å²) in [4.78, 5) is 89.2. The number of hydrogen-bond acceptors (Lipinski definition) is 11. The minimum atomic E-state index is -1.19. The van der Waals surface area contributed by atoms with Crippen LogP contribution in [-0.4, -0.2) is 103 Å². The first-order valence-electron chi connectivity index (χ1n) is 24.1. The average Bonchev–Trinajstić information content (AvgIpc) is 4.16. The number of fused-ring (bicyclic) bond motifs is 2. The lowest BCUT2D eigenvalue weighted by Crippen LogP contribution is -2.52. The molecule has 1 atom stereocenters. The molecule has 17 heteroatoms. The van der Waals surface area contributed by atoms with Gasteiger partial charge < -0.3 is 40.5 Å². The van der Waals surface area contributed by atoms with Crippen LogP contribution in [-0.2, 0) is 25.7 Å². The first kappa shape index (κ1) is 46.3. The molecule has 5 aliphatic rings. The molecule has 0 bridgehead atoms. The van der Waals surface area contributed by atoms with E-state index >= 15 is 0 Å². The molecule has 10 rings (SSSR count). The maximum absolute atomic E-state index is 13.5. The number of aromatic nitrogens is 1. The van der Waals surface area contributed by atoms with E-state index in [0.29, 0.717) is 82.4 Å². The molecule has 1 unspecified atom stereocenters. The van der Waals surface area contributed by atoms with Gasteiger partial charge in [0, 0.05) is 72.9 Å². The fourth-order valence-electron chi connectivity index (χ4n) is 10.2. The van der Waals surface area contributed by atoms with Gasteiger partial charge in [-0.25, -0.2) is 4.39 Å². The monoisotopic (exact) mass is 950 g/mol. The number of anilines is 3. The molecule has 1 aliphatic carbocycles. The molecule has 0 radical (unpaired) electrons. The summed E-state index contributed by atoms with van der Waals surface area (Å²) in [6.07, 6.45) is 7.21. The summed E-state index contributed by atoms with van der Waals surface area (Å²) in [5.74, 6) is -0.260. The lowest BCUT2D eigenvalue weighted by molar-refractivity contribution is -0.131. The zero-order valence-electron chi connectivity index (χ0n) is 38.9. The highest BCUT2D eigenvalue weighted by Crippen LogP contribution is 2.48. The third-order valence-electron chi connectivity index (χ3n) is 14.5. The predicted molar refractivity (Wildman–Crippen MR) is 259 cm³/mol. The third-order valence-corrected chi connectivity index (χ3v) is 14.5. The van der Waals surface area contributed by atoms with Gasteiger partial charge in [0.15, 0.2) is 0 Å². The van der Waals surface area contributed by atoms with E-state index in [1.165, 1.54) is 24.3 Å². The Bertz CT molecular complexity index is 2860. The van der Waals surface area contributed by atoms with E-state index in [-0.39, 0.29) is 24.3 Å². The molecule has 70 heavy (non-hydrogen) atoms. The molecule has 6 amide bonds. The summed E-state index contributed by atoms with van der Waals surface area (Å²) in [6, 6.07) is 22.4. The highest BCUT2D eigenvalue weighted by Gasteiger charge is 2.56. The Labute approximate surface area is 404 Å². The Morgan fingerprint density at radius 1 is 0.786 bits per heavy atom. The molecular weight excluding hydrogens is 896 g/mol. The van der Waals surface area contributed by atoms with Crippen molar-refractivity contribution in [2.75, 3.05) is 61.9 Å². The summed E-state index contributed by atoms with van der Waals surface area (Å²) >= 11 is 0. The second-order valence-electron chi connectivity index (χ2n) is 19.0. The standard InChI is InChI=1S/C53H55FN8O8/c1-69-46-29-42-43(55-22-14-45(42)70-39-11-8-37(9-12-39)59-52(68)53(19-20-53)51(67)58-36-6-4-35(54)5-7-36)27-34(46)30-57-47(63)33-17-23-60(24-18-33)31-32-15-25-61(26-16-32)38-10-13-40-41(28-38)50(66)62(49(40)65)44-3-2-21-56-48(44)64/h4-14,22,27-29,32-33,44H,2-3,15-21,23-26,30-31H2,1H3,(H,56,64)(H,57,63)(H,58,67)(H,59,68). The molecule has 4 aromatic carbocycles. The molecule has 362 valence electrons. The number of nitrogens with zero attached hydrogens (tertiary/aromatic N) is 4. The van der Waals surface area contributed by atoms with Crippen LogP contribution in [0.1, 0.15) is 77.6 Å². The van der Waals surface area contributed by atoms with Crippen molar-refractivity contribution >= 4 is 63.4 Å². The Hall–Kier alpha value is -7.40. The van der Waals surface area contributed by atoms with E-state index in [4.69, 9.17) is 9.47 Å². The number of benzene rings is 4. The molecule has 3 saturated heterocycles. The number of methoxy groups -OCH3 is 1. The molecule has 1 aromatic heterocycles. The minimum absolute atomic E-state index is 0.0139. The van der Waals surface area contributed by atoms with Crippen LogP contribution in [0.25, 0.3) is 10.9 Å². The fourth-order valence-corrected chi connectivity index (χ4v) is 10.2. The molecule has 4 N–H and O–H groups in total. The van der Waals surface area contributed by atoms with Crippen LogP contribution in [0, 0.1) is 23.1 Å². The Balaban J connectivity index is 0.678. The number of carbonyl (C=O) groups is 6. The van der Waals surface area contributed by atoms with Crippen molar-refractivity contribution in [3.05, 3.63) is 114 Å². The van der Waals surface area contributed by atoms with Gasteiger partial charge in [-0.3, -0.25) is 38.7 Å². The van der Waals surface area contributed by atoms with E-state index < -0.39 is 40.9 Å². The lowest BCUT2D eigenvalue weighted by Gasteiger charge is -2.38. The second kappa shape index (κ2) is 19.5. The zero-order valence-corrected chi connectivity index (χ0v) is 38.9. The van der Waals surface area contributed by atoms with E-state index in [1.807, 2.05) is 24.3 Å². The summed E-state index contributed by atoms with van der Waals surface area (Å²) in [5, 5.41) is 12.2. The Morgan fingerprint density at radius 2 is 1.47 bits per heavy atom. The number of amides is 6. The van der Waals surface area contributed by atoms with Crippen molar-refractivity contribution in [1.82, 2.24) is 25.4 Å². The second-order valence-corrected chi connectivity index (χ2v) is 19.0. The molecule has 4 fully saturated rings. The SMILES string of the molecule is COc1cc2c(Oc3ccc(NC(=O)C4(C(=O)Nc5ccc(F)cc5)CC4)cc3)ccnc2cc1CNC(=O)C1CCN(CC2CCN(c3ccc4c(c3)C(=O)N(C3CCCNC3=O)C4=O)CC2)CC1. The largest absolute Gasteiger partial charge is 0.496 e. The number of imide groups is 1. The van der Waals surface area contributed by atoms with Gasteiger partial charge in [-0.15, -0.1) is 0 Å². The highest BCUT2D eigenvalue weighted by atomic mass is 19.1. The topological polar surface area (TPSA) is 192 Å². The maximum atomic E-state index is 13.5. The number of pyridine rings is 1. The van der Waals surface area contributed by atoms with E-state index in [0.717, 1.165) is 81.0 Å². The van der Waals surface area contributed by atoms with Gasteiger partial charge in [-0.1, -0.05) is 0 Å². The van der Waals surface area contributed by atoms with Gasteiger partial charge >= 0.3 is 0 Å². The van der Waals surface area contributed by atoms with E-state index in [9.17, 15) is 33.2 Å². The molecule has 4 aliphatic heterocycles. The van der Waals surface area contributed by atoms with Crippen molar-refractivity contribution < 1.29 is 42.6 Å². The van der Waals surface area contributed by atoms with Crippen molar-refractivity contribution in [3.63, 3.8) is 0 Å². The van der Waals surface area contributed by atoms with Crippen molar-refractivity contribution in [2.45, 2.75) is 64.0 Å². The Kier molecular flexibility index (Phi) is 12.9. The summed E-state index contributed by atoms with van der Waals surface area (Å²) in [6.45, 7) is 5.17. The number of hydrogen-bond donors (Lipinski definition) is 4. The first-order valence-corrected chi connectivity index (χ1v) is 24.1. The molecule has 5 heterocycles. The van der Waals surface area contributed by atoms with Crippen LogP contribution in [0.3, 0.4) is 0 Å². The van der Waals surface area contributed by atoms with Gasteiger partial charge in [-0.2, -0.15) is 0 Å². The summed E-state index contributed by atoms with van der Waals surface area (Å²) in [7, 11) is 1.58. The van der Waals surface area contributed by atoms with Crippen LogP contribution in [0.2, 0.25) is 0 Å². The van der Waals surface area contributed by atoms with Gasteiger partial charge in [0.1, 0.15) is 34.5 Å². The van der Waals surface area contributed by atoms with Crippen molar-refractivity contribution in [2.24, 2.45) is 17.3 Å². The number of carbonyl (C=O) groups excluding carboxylic acids is 6. The molecule has 0 spiro atoms. The van der Waals surface area contributed by atoms with Crippen LogP contribution >= 0.6 is 0 Å². The number of halogens is 1. The molecule has 5 aromatic rings. The zero-order chi connectivity index (χ0) is 48.5. The van der Waals surface area contributed by atoms with Gasteiger partial charge in [0.05, 0.1) is 23.8 Å². The van der Waals surface area contributed by atoms with Gasteiger partial charge in [0.2, 0.25) is 23.6 Å². The van der Waals surface area contributed by atoms with E-state index in [2.05, 4.69) is 36.1 Å². The van der Waals surface area contributed by atoms with Crippen molar-refractivity contribution in [3.8, 4) is 17.2 Å². The number of rotatable bonds is 14. The average molecular weight is 951 g/mol. The summed E-state index contributed by atoms with van der Waals surface area (Å²) < 4.78 is 25.4. The maximum Gasteiger partial charge on any atom is 0.262 e. The van der Waals surface area contributed by atoms with Crippen LogP contribution in [0.4, 0.5) is 21.5 Å². The molecule has 16 nitrogen and oxygen atoms in total. The normalized spacial score (nSPS) is 19.3. The first-order chi connectivity index (χ1) is 34.0. The van der Waals surface area contributed by atoms with Crippen LogP contribution in [0.5, 0.6) is 17.2 Å². The number of ether oxygens (including phenoxy) is 2. The quantitative estimate of drug-likeness (QED) is 0.0689. The highest BCUT2D eigenvalue weighted by molar-refractivity contribution is 6.23. The minimum Gasteiger partial charge on any atom is -0.496 e. The van der Waals surface area contributed by atoms with Gasteiger partial charge in [-0.05, 0) is 155 Å².